The third kappa shape index (κ3) is 8.54. The van der Waals surface area contributed by atoms with Crippen molar-refractivity contribution in [3.8, 4) is 0 Å². The zero-order chi connectivity index (χ0) is 9.61. The zero-order valence-corrected chi connectivity index (χ0v) is 10.0. The lowest BCUT2D eigenvalue weighted by atomic mass is 10.0. The highest BCUT2D eigenvalue weighted by atomic mass is 32.2. The Labute approximate surface area is 87.6 Å². The number of hydrogen-bond donors (Lipinski definition) is 2. The predicted molar refractivity (Wildman–Crippen MR) is 64.2 cm³/mol. The molecule has 0 fully saturated rings. The van der Waals surface area contributed by atoms with Crippen LogP contribution in [0.1, 0.15) is 40.0 Å². The lowest BCUT2D eigenvalue weighted by Crippen LogP contribution is -2.01. The summed E-state index contributed by atoms with van der Waals surface area (Å²) in [5.41, 5.74) is 0. The van der Waals surface area contributed by atoms with Crippen molar-refractivity contribution in [1.82, 2.24) is 0 Å². The number of unbranched alkanes of at least 4 members (excludes halogenated alkanes) is 1. The van der Waals surface area contributed by atoms with Crippen molar-refractivity contribution < 1.29 is 0 Å². The first-order valence-corrected chi connectivity index (χ1v) is 5.49. The Bertz CT molecular complexity index is 133. The topological polar surface area (TPSA) is 0 Å². The summed E-state index contributed by atoms with van der Waals surface area (Å²) >= 11 is 8.60. The third-order valence-corrected chi connectivity index (χ3v) is 2.05. The Morgan fingerprint density at radius 3 is 2.42 bits per heavy atom. The number of thiol groups is 2. The highest BCUT2D eigenvalue weighted by molar-refractivity contribution is 8.00. The molecule has 1 atom stereocenters. The van der Waals surface area contributed by atoms with Crippen molar-refractivity contribution in [3.63, 3.8) is 0 Å². The molecule has 12 heavy (non-hydrogen) atoms. The second-order valence-electron chi connectivity index (χ2n) is 3.57. The van der Waals surface area contributed by atoms with Gasteiger partial charge in [0.2, 0.25) is 0 Å². The van der Waals surface area contributed by atoms with E-state index in [1.54, 1.807) is 0 Å². The van der Waals surface area contributed by atoms with Crippen LogP contribution < -0.4 is 0 Å². The number of hydrogen-bond acceptors (Lipinski definition) is 2. The molecule has 0 amide bonds. The van der Waals surface area contributed by atoms with Gasteiger partial charge in [-0.3, -0.25) is 0 Å². The molecule has 0 aliphatic rings. The van der Waals surface area contributed by atoms with Gasteiger partial charge in [0.25, 0.3) is 0 Å². The highest BCUT2D eigenvalue weighted by Crippen LogP contribution is 2.21. The van der Waals surface area contributed by atoms with Gasteiger partial charge in [0, 0.05) is 0 Å². The maximum Gasteiger partial charge on any atom is 0.0705 e. The predicted octanol–water partition coefficient (Wildman–Crippen LogP) is 3.94. The summed E-state index contributed by atoms with van der Waals surface area (Å²) in [5, 5.41) is 0. The van der Waals surface area contributed by atoms with Crippen LogP contribution in [0.4, 0.5) is 0 Å². The molecule has 0 rings (SSSR count). The molecule has 0 saturated heterocycles. The zero-order valence-electron chi connectivity index (χ0n) is 8.25. The smallest absolute Gasteiger partial charge is 0.0705 e. The minimum Gasteiger partial charge on any atom is -0.158 e. The summed E-state index contributed by atoms with van der Waals surface area (Å²) in [7, 11) is 0. The summed E-state index contributed by atoms with van der Waals surface area (Å²) < 4.78 is -0.263. The first-order valence-electron chi connectivity index (χ1n) is 4.60. The average molecular weight is 204 g/mol. The van der Waals surface area contributed by atoms with E-state index in [2.05, 4.69) is 51.3 Å². The van der Waals surface area contributed by atoms with E-state index in [0.717, 1.165) is 0 Å². The van der Waals surface area contributed by atoms with E-state index < -0.39 is 0 Å². The molecule has 1 unspecified atom stereocenters. The Morgan fingerprint density at radius 2 is 2.00 bits per heavy atom. The van der Waals surface area contributed by atoms with E-state index in [0.29, 0.717) is 5.92 Å². The molecule has 0 aromatic heterocycles. The van der Waals surface area contributed by atoms with E-state index in [9.17, 15) is 0 Å². The fraction of sp³-hybridized carbons (Fsp3) is 0.800. The van der Waals surface area contributed by atoms with Gasteiger partial charge in [-0.25, -0.2) is 0 Å². The van der Waals surface area contributed by atoms with E-state index in [1.807, 2.05) is 6.92 Å². The molecule has 0 radical (unpaired) electrons. The fourth-order valence-electron chi connectivity index (χ4n) is 0.969. The van der Waals surface area contributed by atoms with E-state index >= 15 is 0 Å². The van der Waals surface area contributed by atoms with Gasteiger partial charge in [-0.05, 0) is 19.3 Å². The second kappa shape index (κ2) is 5.98. The summed E-state index contributed by atoms with van der Waals surface area (Å²) in [4.78, 5) is 0. The van der Waals surface area contributed by atoms with Gasteiger partial charge in [0.05, 0.1) is 4.08 Å². The number of rotatable bonds is 5. The van der Waals surface area contributed by atoms with Crippen LogP contribution in [0, 0.1) is 5.92 Å². The summed E-state index contributed by atoms with van der Waals surface area (Å²) in [6, 6.07) is 0. The fourth-order valence-corrected chi connectivity index (χ4v) is 1.14. The molecule has 0 aliphatic carbocycles. The molecule has 2 heteroatoms. The molecular formula is C10H20S2. The van der Waals surface area contributed by atoms with E-state index in [1.165, 1.54) is 19.3 Å². The summed E-state index contributed by atoms with van der Waals surface area (Å²) in [5.74, 6) is 0.656. The molecular weight excluding hydrogens is 184 g/mol. The first-order chi connectivity index (χ1) is 5.45. The van der Waals surface area contributed by atoms with Gasteiger partial charge < -0.3 is 0 Å². The summed E-state index contributed by atoms with van der Waals surface area (Å²) in [6.45, 7) is 6.43. The molecule has 0 aromatic rings. The van der Waals surface area contributed by atoms with Gasteiger partial charge >= 0.3 is 0 Å². The third-order valence-electron chi connectivity index (χ3n) is 1.75. The van der Waals surface area contributed by atoms with Crippen LogP contribution in [0.25, 0.3) is 0 Å². The molecule has 0 spiro atoms. The molecule has 0 saturated carbocycles. The molecule has 0 aromatic carbocycles. The van der Waals surface area contributed by atoms with Crippen LogP contribution in [0.3, 0.4) is 0 Å². The van der Waals surface area contributed by atoms with Crippen LogP contribution >= 0.6 is 25.3 Å². The highest BCUT2D eigenvalue weighted by Gasteiger charge is 2.06. The van der Waals surface area contributed by atoms with Crippen molar-refractivity contribution >= 4 is 25.3 Å². The van der Waals surface area contributed by atoms with Crippen LogP contribution in [-0.2, 0) is 0 Å². The largest absolute Gasteiger partial charge is 0.158 e. The Balaban J connectivity index is 3.68. The molecule has 0 bridgehead atoms. The van der Waals surface area contributed by atoms with Gasteiger partial charge in [-0.2, -0.15) is 25.3 Å². The van der Waals surface area contributed by atoms with Crippen molar-refractivity contribution in [2.45, 2.75) is 44.1 Å². The minimum atomic E-state index is -0.263. The standard InChI is InChI=1S/C10H20S2/c1-4-5-6-9(2)7-8-10(3,11)12/h7-9,11-12H,4-6H2,1-3H3/b8-7+. The SMILES string of the molecule is CCCCC(C)/C=C/C(C)(S)S. The van der Waals surface area contributed by atoms with Crippen molar-refractivity contribution in [3.05, 3.63) is 12.2 Å². The monoisotopic (exact) mass is 204 g/mol. The van der Waals surface area contributed by atoms with E-state index in [4.69, 9.17) is 0 Å². The Hall–Kier alpha value is 0.440. The molecule has 0 aliphatic heterocycles. The van der Waals surface area contributed by atoms with Crippen LogP contribution in [0.2, 0.25) is 0 Å². The van der Waals surface area contributed by atoms with Crippen molar-refractivity contribution in [2.75, 3.05) is 0 Å². The lowest BCUT2D eigenvalue weighted by Gasteiger charge is -2.11. The van der Waals surface area contributed by atoms with Gasteiger partial charge in [0.15, 0.2) is 0 Å². The average Bonchev–Trinajstić information content (AvgIpc) is 1.95. The number of allylic oxidation sites excluding steroid dienone is 1. The first kappa shape index (κ1) is 12.4. The maximum atomic E-state index is 4.30. The normalized spacial score (nSPS) is 15.4. The van der Waals surface area contributed by atoms with E-state index in [-0.39, 0.29) is 4.08 Å². The van der Waals surface area contributed by atoms with Gasteiger partial charge in [-0.1, -0.05) is 38.8 Å². The lowest BCUT2D eigenvalue weighted by molar-refractivity contribution is 0.597. The van der Waals surface area contributed by atoms with Crippen LogP contribution in [0.5, 0.6) is 0 Å². The van der Waals surface area contributed by atoms with Gasteiger partial charge in [0.1, 0.15) is 0 Å². The quantitative estimate of drug-likeness (QED) is 0.378. The van der Waals surface area contributed by atoms with Crippen LogP contribution in [-0.4, -0.2) is 4.08 Å². The molecule has 72 valence electrons. The minimum absolute atomic E-state index is 0.263. The molecule has 0 N–H and O–H groups in total. The molecule has 0 heterocycles. The van der Waals surface area contributed by atoms with Gasteiger partial charge in [-0.15, -0.1) is 0 Å². The second-order valence-corrected chi connectivity index (χ2v) is 5.78. The Morgan fingerprint density at radius 1 is 1.42 bits per heavy atom. The molecule has 0 nitrogen and oxygen atoms in total. The van der Waals surface area contributed by atoms with Crippen LogP contribution in [0.15, 0.2) is 12.2 Å². The summed E-state index contributed by atoms with van der Waals surface area (Å²) in [6.07, 6.45) is 8.11. The van der Waals surface area contributed by atoms with Crippen molar-refractivity contribution in [2.24, 2.45) is 5.92 Å². The van der Waals surface area contributed by atoms with Crippen molar-refractivity contribution in [1.29, 1.82) is 0 Å². The Kier molecular flexibility index (Phi) is 6.20. The maximum absolute atomic E-state index is 4.30.